The van der Waals surface area contributed by atoms with Crippen LogP contribution in [-0.2, 0) is 9.47 Å². The largest absolute Gasteiger partial charge is 0.488 e. The van der Waals surface area contributed by atoms with E-state index in [1.807, 2.05) is 6.07 Å². The smallest absolute Gasteiger partial charge is 0.155 e. The molecule has 0 spiro atoms. The Kier molecular flexibility index (Phi) is 6.78. The van der Waals surface area contributed by atoms with Crippen molar-refractivity contribution < 1.29 is 14.2 Å². The summed E-state index contributed by atoms with van der Waals surface area (Å²) in [4.78, 5) is 0. The lowest BCUT2D eigenvalue weighted by molar-refractivity contribution is 0.0544. The standard InChI is InChI=1S/C12H15IN2O3/c1-16-2-3-17-4-5-18-12-10(13)6-9(8-14)7-11(12)15/h6-7H,2-5,15H2,1H3. The van der Waals surface area contributed by atoms with Crippen LogP contribution in [0.25, 0.3) is 0 Å². The molecular formula is C12H15IN2O3. The van der Waals surface area contributed by atoms with Crippen molar-refractivity contribution in [3.05, 3.63) is 21.3 Å². The maximum Gasteiger partial charge on any atom is 0.155 e. The average Bonchev–Trinajstić information content (AvgIpc) is 2.35. The molecule has 1 rings (SSSR count). The first-order valence-corrected chi connectivity index (χ1v) is 6.45. The van der Waals surface area contributed by atoms with Gasteiger partial charge in [0.25, 0.3) is 0 Å². The fourth-order valence-electron chi connectivity index (χ4n) is 1.28. The molecule has 5 nitrogen and oxygen atoms in total. The van der Waals surface area contributed by atoms with Gasteiger partial charge in [0.15, 0.2) is 5.75 Å². The second kappa shape index (κ2) is 8.13. The minimum absolute atomic E-state index is 0.413. The number of nitrogen functional groups attached to an aromatic ring is 1. The molecule has 1 aromatic rings. The zero-order valence-electron chi connectivity index (χ0n) is 10.1. The number of nitrogens with zero attached hydrogens (tertiary/aromatic N) is 1. The van der Waals surface area contributed by atoms with E-state index < -0.39 is 0 Å². The van der Waals surface area contributed by atoms with E-state index >= 15 is 0 Å². The van der Waals surface area contributed by atoms with Crippen molar-refractivity contribution in [2.75, 3.05) is 39.3 Å². The van der Waals surface area contributed by atoms with Crippen LogP contribution in [0.2, 0.25) is 0 Å². The number of methoxy groups -OCH3 is 1. The maximum atomic E-state index is 8.79. The number of halogens is 1. The normalized spacial score (nSPS) is 10.1. The van der Waals surface area contributed by atoms with Crippen molar-refractivity contribution in [2.45, 2.75) is 0 Å². The van der Waals surface area contributed by atoms with Gasteiger partial charge in [0.2, 0.25) is 0 Å². The van der Waals surface area contributed by atoms with Crippen LogP contribution < -0.4 is 10.5 Å². The van der Waals surface area contributed by atoms with Crippen LogP contribution in [0.3, 0.4) is 0 Å². The Morgan fingerprint density at radius 2 is 2.00 bits per heavy atom. The molecule has 2 N–H and O–H groups in total. The third kappa shape index (κ3) is 4.68. The molecule has 0 aliphatic carbocycles. The first-order valence-electron chi connectivity index (χ1n) is 5.37. The van der Waals surface area contributed by atoms with Crippen LogP contribution in [0.15, 0.2) is 12.1 Å². The summed E-state index contributed by atoms with van der Waals surface area (Å²) in [5.41, 5.74) is 6.81. The van der Waals surface area contributed by atoms with Crippen LogP contribution >= 0.6 is 22.6 Å². The van der Waals surface area contributed by atoms with E-state index in [0.29, 0.717) is 43.4 Å². The summed E-state index contributed by atoms with van der Waals surface area (Å²) >= 11 is 2.09. The lowest BCUT2D eigenvalue weighted by Crippen LogP contribution is -2.11. The first kappa shape index (κ1) is 15.0. The van der Waals surface area contributed by atoms with Gasteiger partial charge in [0, 0.05) is 7.11 Å². The lowest BCUT2D eigenvalue weighted by Gasteiger charge is -2.11. The van der Waals surface area contributed by atoms with E-state index in [0.717, 1.165) is 3.57 Å². The summed E-state index contributed by atoms with van der Waals surface area (Å²) in [6.07, 6.45) is 0. The molecule has 6 heteroatoms. The molecule has 0 aromatic heterocycles. The van der Waals surface area contributed by atoms with Gasteiger partial charge in [-0.05, 0) is 34.7 Å². The minimum atomic E-state index is 0.413. The lowest BCUT2D eigenvalue weighted by atomic mass is 10.2. The minimum Gasteiger partial charge on any atom is -0.488 e. The third-order valence-electron chi connectivity index (χ3n) is 2.11. The fraction of sp³-hybridized carbons (Fsp3) is 0.417. The Morgan fingerprint density at radius 3 is 2.61 bits per heavy atom. The zero-order valence-corrected chi connectivity index (χ0v) is 12.3. The summed E-state index contributed by atoms with van der Waals surface area (Å²) in [7, 11) is 1.62. The molecule has 0 bridgehead atoms. The topological polar surface area (TPSA) is 77.5 Å². The number of hydrogen-bond donors (Lipinski definition) is 1. The van der Waals surface area contributed by atoms with Crippen LogP contribution in [0, 0.1) is 14.9 Å². The number of hydrogen-bond acceptors (Lipinski definition) is 5. The van der Waals surface area contributed by atoms with Crippen molar-refractivity contribution in [1.82, 2.24) is 0 Å². The predicted molar refractivity (Wildman–Crippen MR) is 76.5 cm³/mol. The van der Waals surface area contributed by atoms with Gasteiger partial charge >= 0.3 is 0 Å². The molecular weight excluding hydrogens is 347 g/mol. The summed E-state index contributed by atoms with van der Waals surface area (Å²) in [6, 6.07) is 5.38. The van der Waals surface area contributed by atoms with Crippen molar-refractivity contribution in [2.24, 2.45) is 0 Å². The Morgan fingerprint density at radius 1 is 1.28 bits per heavy atom. The van der Waals surface area contributed by atoms with Gasteiger partial charge < -0.3 is 19.9 Å². The Hall–Kier alpha value is -1.04. The quantitative estimate of drug-likeness (QED) is 0.455. The van der Waals surface area contributed by atoms with Gasteiger partial charge in [0.05, 0.1) is 40.7 Å². The van der Waals surface area contributed by atoms with E-state index in [1.165, 1.54) is 0 Å². The zero-order chi connectivity index (χ0) is 13.4. The van der Waals surface area contributed by atoms with E-state index in [4.69, 9.17) is 25.2 Å². The van der Waals surface area contributed by atoms with Crippen LogP contribution in [-0.4, -0.2) is 33.5 Å². The first-order chi connectivity index (χ1) is 8.69. The molecule has 0 aliphatic rings. The molecule has 0 heterocycles. The predicted octanol–water partition coefficient (Wildman–Crippen LogP) is 1.79. The summed E-state index contributed by atoms with van der Waals surface area (Å²) in [5.74, 6) is 0.602. The number of ether oxygens (including phenoxy) is 3. The molecule has 0 saturated carbocycles. The molecule has 0 saturated heterocycles. The van der Waals surface area contributed by atoms with Gasteiger partial charge in [0.1, 0.15) is 6.61 Å². The van der Waals surface area contributed by atoms with Crippen LogP contribution in [0.4, 0.5) is 5.69 Å². The van der Waals surface area contributed by atoms with Crippen molar-refractivity contribution in [3.8, 4) is 11.8 Å². The Bertz CT molecular complexity index is 409. The van der Waals surface area contributed by atoms with Crippen molar-refractivity contribution in [3.63, 3.8) is 0 Å². The van der Waals surface area contributed by atoms with Gasteiger partial charge in [-0.15, -0.1) is 0 Å². The SMILES string of the molecule is COCCOCCOc1c(N)cc(C#N)cc1I. The van der Waals surface area contributed by atoms with Gasteiger partial charge in [-0.1, -0.05) is 0 Å². The second-order valence-electron chi connectivity index (χ2n) is 3.44. The van der Waals surface area contributed by atoms with E-state index in [-0.39, 0.29) is 0 Å². The molecule has 0 radical (unpaired) electrons. The van der Waals surface area contributed by atoms with E-state index in [1.54, 1.807) is 19.2 Å². The van der Waals surface area contributed by atoms with E-state index in [9.17, 15) is 0 Å². The van der Waals surface area contributed by atoms with Crippen molar-refractivity contribution in [1.29, 1.82) is 5.26 Å². The summed E-state index contributed by atoms with van der Waals surface area (Å²) in [5, 5.41) is 8.79. The van der Waals surface area contributed by atoms with Crippen LogP contribution in [0.1, 0.15) is 5.56 Å². The molecule has 1 aromatic carbocycles. The number of nitrogens with two attached hydrogens (primary N) is 1. The highest BCUT2D eigenvalue weighted by atomic mass is 127. The third-order valence-corrected chi connectivity index (χ3v) is 2.91. The highest BCUT2D eigenvalue weighted by molar-refractivity contribution is 14.1. The summed E-state index contributed by atoms with van der Waals surface area (Å²) < 4.78 is 16.5. The number of nitriles is 1. The Balaban J connectivity index is 2.45. The van der Waals surface area contributed by atoms with E-state index in [2.05, 4.69) is 22.6 Å². The summed E-state index contributed by atoms with van der Waals surface area (Å²) in [6.45, 7) is 1.99. The number of anilines is 1. The molecule has 0 unspecified atom stereocenters. The molecule has 0 fully saturated rings. The van der Waals surface area contributed by atoms with Crippen molar-refractivity contribution >= 4 is 28.3 Å². The number of rotatable bonds is 7. The second-order valence-corrected chi connectivity index (χ2v) is 4.60. The molecule has 0 aliphatic heterocycles. The van der Waals surface area contributed by atoms with Gasteiger partial charge in [-0.25, -0.2) is 0 Å². The maximum absolute atomic E-state index is 8.79. The number of benzene rings is 1. The molecule has 0 atom stereocenters. The monoisotopic (exact) mass is 362 g/mol. The highest BCUT2D eigenvalue weighted by Crippen LogP contribution is 2.29. The van der Waals surface area contributed by atoms with Crippen LogP contribution in [0.5, 0.6) is 5.75 Å². The molecule has 18 heavy (non-hydrogen) atoms. The Labute approximate surface area is 120 Å². The fourth-order valence-corrected chi connectivity index (χ4v) is 2.08. The van der Waals surface area contributed by atoms with Gasteiger partial charge in [-0.3, -0.25) is 0 Å². The van der Waals surface area contributed by atoms with Gasteiger partial charge in [-0.2, -0.15) is 5.26 Å². The highest BCUT2D eigenvalue weighted by Gasteiger charge is 2.08. The molecule has 0 amide bonds. The molecule has 98 valence electrons. The average molecular weight is 362 g/mol.